The molecular weight excluding hydrogens is 366 g/mol. The summed E-state index contributed by atoms with van der Waals surface area (Å²) in [5.41, 5.74) is 0.615. The molecule has 1 aromatic heterocycles. The number of benzene rings is 1. The third kappa shape index (κ3) is 4.95. The minimum absolute atomic E-state index is 0.00359. The van der Waals surface area contributed by atoms with Crippen LogP contribution < -0.4 is 0 Å². The van der Waals surface area contributed by atoms with Crippen LogP contribution in [0.1, 0.15) is 40.9 Å². The first-order valence-corrected chi connectivity index (χ1v) is 9.18. The topological polar surface area (TPSA) is 74.8 Å². The van der Waals surface area contributed by atoms with E-state index in [9.17, 15) is 4.79 Å². The summed E-state index contributed by atoms with van der Waals surface area (Å²) in [6, 6.07) is 7.04. The van der Waals surface area contributed by atoms with Gasteiger partial charge in [0.1, 0.15) is 6.54 Å². The predicted octanol–water partition coefficient (Wildman–Crippen LogP) is 3.35. The zero-order chi connectivity index (χ0) is 19.2. The monoisotopic (exact) mass is 387 g/mol. The number of likely N-dealkylation sites (tertiary alicyclic amines) is 1. The number of amides is 1. The Morgan fingerprint density at radius 2 is 2.22 bits per heavy atom. The lowest BCUT2D eigenvalue weighted by Crippen LogP contribution is -2.38. The zero-order valence-electron chi connectivity index (χ0n) is 15.2. The Bertz CT molecular complexity index is 827. The number of hydrogen-bond donors (Lipinski definition) is 0. The van der Waals surface area contributed by atoms with Crippen molar-refractivity contribution in [1.29, 1.82) is 0 Å². The molecule has 8 heteroatoms. The van der Waals surface area contributed by atoms with Crippen molar-refractivity contribution in [3.63, 3.8) is 0 Å². The summed E-state index contributed by atoms with van der Waals surface area (Å²) < 4.78 is 5.79. The average Bonchev–Trinajstić information content (AvgIpc) is 3.14. The molecule has 7 nitrogen and oxygen atoms in total. The minimum Gasteiger partial charge on any atom is -0.423 e. The first-order chi connectivity index (χ1) is 13.1. The van der Waals surface area contributed by atoms with Gasteiger partial charge in [0.25, 0.3) is 5.91 Å². The van der Waals surface area contributed by atoms with E-state index in [-0.39, 0.29) is 11.8 Å². The second kappa shape index (κ2) is 8.81. The lowest BCUT2D eigenvalue weighted by atomic mass is 9.96. The molecule has 1 aliphatic heterocycles. The molecule has 142 valence electrons. The molecule has 1 amide bonds. The van der Waals surface area contributed by atoms with Gasteiger partial charge in [-0.3, -0.25) is 9.80 Å². The van der Waals surface area contributed by atoms with Gasteiger partial charge in [-0.25, -0.2) is 0 Å². The predicted molar refractivity (Wildman–Crippen MR) is 104 cm³/mol. The number of carbonyl (C=O) groups excluding carboxylic acids is 1. The van der Waals surface area contributed by atoms with Crippen LogP contribution in [-0.2, 0) is 6.54 Å². The van der Waals surface area contributed by atoms with Crippen LogP contribution in [0.2, 0.25) is 5.02 Å². The number of carbonyl (C=O) groups is 1. The Hall–Kier alpha value is -2.67. The molecular formula is C19H22ClN5O2. The maximum absolute atomic E-state index is 12.6. The normalized spacial score (nSPS) is 15.3. The molecule has 0 radical (unpaired) electrons. The molecule has 1 saturated heterocycles. The van der Waals surface area contributed by atoms with Crippen LogP contribution in [0.25, 0.3) is 0 Å². The quantitative estimate of drug-likeness (QED) is 0.561. The van der Waals surface area contributed by atoms with Gasteiger partial charge in [0.05, 0.1) is 0 Å². The number of hydrogen-bond acceptors (Lipinski definition) is 6. The number of allylic oxidation sites excluding steroid dienone is 1. The fraction of sp³-hybridized carbons (Fsp3) is 0.368. The van der Waals surface area contributed by atoms with E-state index in [1.54, 1.807) is 41.6 Å². The Labute approximate surface area is 163 Å². The van der Waals surface area contributed by atoms with Crippen molar-refractivity contribution in [3.05, 3.63) is 59.3 Å². The standard InChI is InChI=1S/C19H22ClN5O2/c1-3-9-21-24(2)13-17-22-23-18(27-17)14-7-10-25(11-8-14)19(26)15-5-4-6-16(20)12-15/h3-6,9,12,14H,1,7-8,10-11,13H2,2H3/b21-9-. The van der Waals surface area contributed by atoms with Gasteiger partial charge >= 0.3 is 0 Å². The second-order valence-corrected chi connectivity index (χ2v) is 6.86. The first-order valence-electron chi connectivity index (χ1n) is 8.80. The van der Waals surface area contributed by atoms with Gasteiger partial charge in [-0.2, -0.15) is 5.10 Å². The van der Waals surface area contributed by atoms with Crippen molar-refractivity contribution in [2.75, 3.05) is 20.1 Å². The molecule has 3 rings (SSSR count). The third-order valence-electron chi connectivity index (χ3n) is 4.42. The highest BCUT2D eigenvalue weighted by atomic mass is 35.5. The van der Waals surface area contributed by atoms with Crippen molar-refractivity contribution in [2.45, 2.75) is 25.3 Å². The van der Waals surface area contributed by atoms with Gasteiger partial charge in [0, 0.05) is 42.9 Å². The van der Waals surface area contributed by atoms with Crippen molar-refractivity contribution in [3.8, 4) is 0 Å². The van der Waals surface area contributed by atoms with Crippen LogP contribution in [0.4, 0.5) is 0 Å². The van der Waals surface area contributed by atoms with E-state index in [1.165, 1.54) is 0 Å². The van der Waals surface area contributed by atoms with Crippen molar-refractivity contribution in [1.82, 2.24) is 20.1 Å². The number of aromatic nitrogens is 2. The van der Waals surface area contributed by atoms with Crippen LogP contribution in [0, 0.1) is 0 Å². The largest absolute Gasteiger partial charge is 0.423 e. The maximum Gasteiger partial charge on any atom is 0.253 e. The Morgan fingerprint density at radius 1 is 1.44 bits per heavy atom. The molecule has 2 heterocycles. The molecule has 0 atom stereocenters. The summed E-state index contributed by atoms with van der Waals surface area (Å²) in [6.45, 7) is 5.32. The van der Waals surface area contributed by atoms with Crippen molar-refractivity contribution >= 4 is 23.7 Å². The van der Waals surface area contributed by atoms with E-state index in [1.807, 2.05) is 11.9 Å². The van der Waals surface area contributed by atoms with Gasteiger partial charge in [0.15, 0.2) is 0 Å². The SMILES string of the molecule is C=C/C=N\N(C)Cc1nnc(C2CCN(C(=O)c3cccc(Cl)c3)CC2)o1. The van der Waals surface area contributed by atoms with E-state index < -0.39 is 0 Å². The van der Waals surface area contributed by atoms with E-state index in [0.29, 0.717) is 42.0 Å². The van der Waals surface area contributed by atoms with E-state index >= 15 is 0 Å². The highest BCUT2D eigenvalue weighted by Gasteiger charge is 2.28. The molecule has 0 unspecified atom stereocenters. The van der Waals surface area contributed by atoms with Gasteiger partial charge in [-0.1, -0.05) is 24.2 Å². The summed E-state index contributed by atoms with van der Waals surface area (Å²) in [6.07, 6.45) is 4.79. The Kier molecular flexibility index (Phi) is 6.24. The number of halogens is 1. The van der Waals surface area contributed by atoms with Gasteiger partial charge in [-0.05, 0) is 37.1 Å². The zero-order valence-corrected chi connectivity index (χ0v) is 16.0. The molecule has 1 fully saturated rings. The molecule has 2 aromatic rings. The number of piperidine rings is 1. The molecule has 0 bridgehead atoms. The van der Waals surface area contributed by atoms with Gasteiger partial charge in [-0.15, -0.1) is 10.2 Å². The van der Waals surface area contributed by atoms with Crippen molar-refractivity contribution in [2.24, 2.45) is 5.10 Å². The number of hydrazone groups is 1. The molecule has 1 aliphatic rings. The Balaban J connectivity index is 1.55. The summed E-state index contributed by atoms with van der Waals surface area (Å²) in [5.74, 6) is 1.31. The van der Waals surface area contributed by atoms with Crippen LogP contribution in [0.5, 0.6) is 0 Å². The summed E-state index contributed by atoms with van der Waals surface area (Å²) in [7, 11) is 1.82. The number of rotatable bonds is 6. The summed E-state index contributed by atoms with van der Waals surface area (Å²) in [5, 5.41) is 14.7. The fourth-order valence-corrected chi connectivity index (χ4v) is 3.22. The lowest BCUT2D eigenvalue weighted by molar-refractivity contribution is 0.0705. The molecule has 0 spiro atoms. The van der Waals surface area contributed by atoms with Crippen LogP contribution in [-0.4, -0.2) is 52.4 Å². The summed E-state index contributed by atoms with van der Waals surface area (Å²) >= 11 is 5.98. The van der Waals surface area contributed by atoms with Crippen molar-refractivity contribution < 1.29 is 9.21 Å². The highest BCUT2D eigenvalue weighted by Crippen LogP contribution is 2.28. The molecule has 0 saturated carbocycles. The minimum atomic E-state index is 0.00359. The second-order valence-electron chi connectivity index (χ2n) is 6.43. The number of nitrogens with zero attached hydrogens (tertiary/aromatic N) is 5. The van der Waals surface area contributed by atoms with Gasteiger partial charge in [0.2, 0.25) is 11.8 Å². The fourth-order valence-electron chi connectivity index (χ4n) is 3.03. The lowest BCUT2D eigenvalue weighted by Gasteiger charge is -2.30. The maximum atomic E-state index is 12.6. The van der Waals surface area contributed by atoms with Crippen LogP contribution >= 0.6 is 11.6 Å². The molecule has 0 N–H and O–H groups in total. The van der Waals surface area contributed by atoms with Gasteiger partial charge < -0.3 is 9.32 Å². The average molecular weight is 388 g/mol. The van der Waals surface area contributed by atoms with E-state index in [4.69, 9.17) is 16.0 Å². The highest BCUT2D eigenvalue weighted by molar-refractivity contribution is 6.30. The van der Waals surface area contributed by atoms with Crippen LogP contribution in [0.3, 0.4) is 0 Å². The molecule has 27 heavy (non-hydrogen) atoms. The van der Waals surface area contributed by atoms with E-state index in [2.05, 4.69) is 21.9 Å². The molecule has 0 aliphatic carbocycles. The first kappa shape index (κ1) is 19.1. The molecule has 1 aromatic carbocycles. The summed E-state index contributed by atoms with van der Waals surface area (Å²) in [4.78, 5) is 14.4. The third-order valence-corrected chi connectivity index (χ3v) is 4.65. The van der Waals surface area contributed by atoms with E-state index in [0.717, 1.165) is 12.8 Å². The Morgan fingerprint density at radius 3 is 2.93 bits per heavy atom. The van der Waals surface area contributed by atoms with Crippen LogP contribution in [0.15, 0.2) is 46.4 Å². The smallest absolute Gasteiger partial charge is 0.253 e.